The molecule has 0 aliphatic heterocycles. The molecule has 0 spiro atoms. The van der Waals surface area contributed by atoms with Gasteiger partial charge in [-0.25, -0.2) is 18.7 Å². The Morgan fingerprint density at radius 3 is 2.44 bits per heavy atom. The van der Waals surface area contributed by atoms with Gasteiger partial charge in [0, 0.05) is 53.0 Å². The maximum Gasteiger partial charge on any atom is 0.269 e. The van der Waals surface area contributed by atoms with E-state index >= 15 is 0 Å². The smallest absolute Gasteiger partial charge is 0.269 e. The Balaban J connectivity index is 1.46. The molecule has 0 saturated heterocycles. The number of nitro groups is 1. The zero-order valence-electron chi connectivity index (χ0n) is 19.7. The Bertz CT molecular complexity index is 1460. The summed E-state index contributed by atoms with van der Waals surface area (Å²) in [6, 6.07) is 10.4. The van der Waals surface area contributed by atoms with E-state index in [4.69, 9.17) is 9.97 Å². The van der Waals surface area contributed by atoms with Gasteiger partial charge in [-0.15, -0.1) is 0 Å². The van der Waals surface area contributed by atoms with Gasteiger partial charge in [0.2, 0.25) is 0 Å². The van der Waals surface area contributed by atoms with Crippen molar-refractivity contribution in [3.63, 3.8) is 0 Å². The number of H-pyrrole nitrogens is 1. The molecule has 7 rings (SSSR count). The van der Waals surface area contributed by atoms with Crippen molar-refractivity contribution in [1.29, 1.82) is 0 Å². The van der Waals surface area contributed by atoms with E-state index in [0.29, 0.717) is 51.6 Å². The summed E-state index contributed by atoms with van der Waals surface area (Å²) in [7, 11) is 0. The minimum absolute atomic E-state index is 0.0130. The number of nitrogens with zero attached hydrogens (tertiary/aromatic N) is 3. The average Bonchev–Trinajstić information content (AvgIpc) is 3.30. The lowest BCUT2D eigenvalue weighted by atomic mass is 9.62. The molecule has 2 aromatic heterocycles. The fourth-order valence-electron chi connectivity index (χ4n) is 6.06. The first-order valence-corrected chi connectivity index (χ1v) is 12.2. The zero-order chi connectivity index (χ0) is 25.0. The minimum Gasteiger partial charge on any atom is -0.367 e. The largest absolute Gasteiger partial charge is 0.367 e. The highest BCUT2D eigenvalue weighted by atomic mass is 19.1. The number of non-ortho nitro benzene ring substituents is 1. The lowest BCUT2D eigenvalue weighted by Crippen LogP contribution is -2.47. The first-order valence-electron chi connectivity index (χ1n) is 12.2. The van der Waals surface area contributed by atoms with Crippen molar-refractivity contribution < 1.29 is 13.7 Å². The van der Waals surface area contributed by atoms with Crippen LogP contribution in [0.5, 0.6) is 0 Å². The molecule has 2 aromatic carbocycles. The number of hydrogen-bond donors (Lipinski definition) is 2. The predicted octanol–water partition coefficient (Wildman–Crippen LogP) is 6.71. The third-order valence-electron chi connectivity index (χ3n) is 8.00. The highest BCUT2D eigenvalue weighted by molar-refractivity contribution is 5.94. The summed E-state index contributed by atoms with van der Waals surface area (Å²) in [5.41, 5.74) is 1.90. The van der Waals surface area contributed by atoms with E-state index in [9.17, 15) is 18.9 Å². The maximum absolute atomic E-state index is 14.4. The molecule has 9 heteroatoms. The molecular weight excluding hydrogens is 464 g/mol. The molecule has 2 atom stereocenters. The summed E-state index contributed by atoms with van der Waals surface area (Å²) in [4.78, 5) is 23.0. The number of aromatic nitrogens is 3. The number of nitro benzene ring substituents is 1. The molecular formula is C27H25F2N5O2. The van der Waals surface area contributed by atoms with Gasteiger partial charge in [0.25, 0.3) is 5.69 Å². The lowest BCUT2D eigenvalue weighted by molar-refractivity contribution is -0.384. The third kappa shape index (κ3) is 3.88. The van der Waals surface area contributed by atoms with Crippen LogP contribution in [0.2, 0.25) is 0 Å². The van der Waals surface area contributed by atoms with Gasteiger partial charge in [-0.3, -0.25) is 10.1 Å². The second-order valence-electron chi connectivity index (χ2n) is 9.98. The van der Waals surface area contributed by atoms with Crippen LogP contribution in [-0.2, 0) is 0 Å². The third-order valence-corrected chi connectivity index (χ3v) is 8.00. The molecule has 2 bridgehead atoms. The van der Waals surface area contributed by atoms with E-state index in [0.717, 1.165) is 6.07 Å². The number of aromatic amines is 1. The van der Waals surface area contributed by atoms with Crippen LogP contribution in [-0.4, -0.2) is 25.9 Å². The summed E-state index contributed by atoms with van der Waals surface area (Å²) in [5, 5.41) is 15.1. The van der Waals surface area contributed by atoms with Crippen LogP contribution in [0.15, 0.2) is 48.7 Å². The van der Waals surface area contributed by atoms with E-state index in [1.165, 1.54) is 43.9 Å². The van der Waals surface area contributed by atoms with Crippen LogP contribution in [0.25, 0.3) is 33.5 Å². The summed E-state index contributed by atoms with van der Waals surface area (Å²) in [5.74, 6) is 1.35. The number of nitrogens with one attached hydrogen (secondary N) is 2. The Labute approximate surface area is 206 Å². The fourth-order valence-corrected chi connectivity index (χ4v) is 6.06. The molecule has 0 amide bonds. The second kappa shape index (κ2) is 8.65. The summed E-state index contributed by atoms with van der Waals surface area (Å²) >= 11 is 0. The van der Waals surface area contributed by atoms with Gasteiger partial charge in [-0.1, -0.05) is 6.92 Å². The quantitative estimate of drug-likeness (QED) is 0.240. The molecule has 3 aliphatic rings. The molecule has 3 saturated carbocycles. The van der Waals surface area contributed by atoms with Crippen molar-refractivity contribution in [2.75, 3.05) is 5.32 Å². The van der Waals surface area contributed by atoms with Crippen molar-refractivity contribution in [3.05, 3.63) is 70.4 Å². The van der Waals surface area contributed by atoms with E-state index < -0.39 is 16.6 Å². The van der Waals surface area contributed by atoms with Crippen molar-refractivity contribution in [1.82, 2.24) is 15.0 Å². The molecule has 3 fully saturated rings. The Hall–Kier alpha value is -3.88. The van der Waals surface area contributed by atoms with Crippen LogP contribution in [0.4, 0.5) is 20.3 Å². The first-order chi connectivity index (χ1) is 17.4. The molecule has 2 heterocycles. The first kappa shape index (κ1) is 22.6. The number of halogens is 2. The Morgan fingerprint density at radius 2 is 1.75 bits per heavy atom. The van der Waals surface area contributed by atoms with Gasteiger partial charge < -0.3 is 10.3 Å². The monoisotopic (exact) mass is 489 g/mol. The zero-order valence-corrected chi connectivity index (χ0v) is 19.7. The number of rotatable bonds is 5. The number of hydrogen-bond acceptors (Lipinski definition) is 5. The highest BCUT2D eigenvalue weighted by Gasteiger charge is 2.41. The molecule has 7 nitrogen and oxygen atoms in total. The van der Waals surface area contributed by atoms with Gasteiger partial charge >= 0.3 is 0 Å². The highest BCUT2D eigenvalue weighted by Crippen LogP contribution is 2.46. The van der Waals surface area contributed by atoms with Gasteiger partial charge in [0.1, 0.15) is 17.5 Å². The average molecular weight is 490 g/mol. The Morgan fingerprint density at radius 1 is 1.03 bits per heavy atom. The van der Waals surface area contributed by atoms with Gasteiger partial charge in [0.05, 0.1) is 16.1 Å². The number of anilines is 1. The molecule has 0 radical (unpaired) electrons. The van der Waals surface area contributed by atoms with E-state index in [1.54, 1.807) is 18.3 Å². The number of benzene rings is 2. The lowest BCUT2D eigenvalue weighted by Gasteiger charge is -2.47. The predicted molar refractivity (Wildman–Crippen MR) is 133 cm³/mol. The van der Waals surface area contributed by atoms with Gasteiger partial charge in [0.15, 0.2) is 5.82 Å². The van der Waals surface area contributed by atoms with Crippen LogP contribution in [0.3, 0.4) is 0 Å². The molecule has 184 valence electrons. The van der Waals surface area contributed by atoms with Crippen LogP contribution < -0.4 is 5.32 Å². The standard InChI is InChI=1S/C27H25F2N5O2/c1-14-15-2-4-17(5-3-15)25(14)32-24-12-23(16-6-8-19(9-7-16)34(35)36)31-27(33-24)21-13-30-26-20(21)10-18(28)11-22(26)29/h6-15,17,25,30H,2-5H2,1H3,(H,31,32,33)/t14-,15?,17?,25+/m1/s1. The molecule has 3 aliphatic carbocycles. The minimum atomic E-state index is -0.687. The molecule has 36 heavy (non-hydrogen) atoms. The Kier molecular flexibility index (Phi) is 5.43. The molecule has 4 aromatic rings. The molecule has 0 unspecified atom stereocenters. The van der Waals surface area contributed by atoms with Crippen LogP contribution in [0.1, 0.15) is 32.6 Å². The van der Waals surface area contributed by atoms with Crippen molar-refractivity contribution in [3.8, 4) is 22.6 Å². The topological polar surface area (TPSA) is 96.7 Å². The summed E-state index contributed by atoms with van der Waals surface area (Å²) in [6.45, 7) is 2.29. The molecule has 2 N–H and O–H groups in total. The summed E-state index contributed by atoms with van der Waals surface area (Å²) in [6.07, 6.45) is 6.50. The fraction of sp³-hybridized carbons (Fsp3) is 0.333. The van der Waals surface area contributed by atoms with Crippen molar-refractivity contribution in [2.45, 2.75) is 38.6 Å². The van der Waals surface area contributed by atoms with Crippen LogP contribution >= 0.6 is 0 Å². The normalized spacial score (nSPS) is 23.2. The van der Waals surface area contributed by atoms with Crippen molar-refractivity contribution >= 4 is 22.4 Å². The second-order valence-corrected chi connectivity index (χ2v) is 9.98. The summed E-state index contributed by atoms with van der Waals surface area (Å²) < 4.78 is 28.4. The van der Waals surface area contributed by atoms with Gasteiger partial charge in [-0.2, -0.15) is 0 Å². The SMILES string of the molecule is C[C@@H]1C2CCC(CC2)[C@H]1Nc1cc(-c2ccc([N+](=O)[O-])cc2)nc(-c2c[nH]c3c(F)cc(F)cc23)n1. The van der Waals surface area contributed by atoms with E-state index in [1.807, 2.05) is 6.07 Å². The van der Waals surface area contributed by atoms with E-state index in [-0.39, 0.29) is 17.2 Å². The van der Waals surface area contributed by atoms with E-state index in [2.05, 4.69) is 17.2 Å². The van der Waals surface area contributed by atoms with Crippen molar-refractivity contribution in [2.24, 2.45) is 17.8 Å². The van der Waals surface area contributed by atoms with Crippen LogP contribution in [0, 0.1) is 39.5 Å². The van der Waals surface area contributed by atoms with Gasteiger partial charge in [-0.05, 0) is 61.6 Å². The maximum atomic E-state index is 14.4. The number of fused-ring (bicyclic) bond motifs is 4.